The van der Waals surface area contributed by atoms with E-state index in [4.69, 9.17) is 9.47 Å². The van der Waals surface area contributed by atoms with Crippen molar-refractivity contribution in [1.29, 1.82) is 0 Å². The van der Waals surface area contributed by atoms with Crippen LogP contribution in [0.15, 0.2) is 108 Å². The molecule has 48 heavy (non-hydrogen) atoms. The van der Waals surface area contributed by atoms with Crippen molar-refractivity contribution in [3.63, 3.8) is 0 Å². The number of nitrogens with one attached hydrogen (secondary N) is 2. The minimum atomic E-state index is -0.522. The SMILES string of the molecule is CC(=O)NCCCCCC(=O)NCc1cccc(-c2ccc(C3OC(CSc4ccccc4)C(C)C(c4ccc(CO)cc4)O3)cc2)c1. The van der Waals surface area contributed by atoms with Gasteiger partial charge in [0.2, 0.25) is 11.8 Å². The molecule has 0 spiro atoms. The molecule has 7 nitrogen and oxygen atoms in total. The molecule has 3 N–H and O–H groups in total. The van der Waals surface area contributed by atoms with Crippen LogP contribution in [0.5, 0.6) is 0 Å². The van der Waals surface area contributed by atoms with E-state index in [1.807, 2.05) is 42.5 Å². The number of carbonyl (C=O) groups excluding carboxylic acids is 2. The number of thioether (sulfide) groups is 1. The van der Waals surface area contributed by atoms with Gasteiger partial charge in [-0.2, -0.15) is 0 Å². The fourth-order valence-corrected chi connectivity index (χ4v) is 6.93. The first-order chi connectivity index (χ1) is 23.4. The average molecular weight is 667 g/mol. The molecule has 0 radical (unpaired) electrons. The van der Waals surface area contributed by atoms with E-state index in [1.54, 1.807) is 11.8 Å². The maximum atomic E-state index is 12.4. The largest absolute Gasteiger partial charge is 0.392 e. The molecular weight excluding hydrogens is 621 g/mol. The van der Waals surface area contributed by atoms with Gasteiger partial charge in [-0.25, -0.2) is 0 Å². The highest BCUT2D eigenvalue weighted by Crippen LogP contribution is 2.43. The molecule has 0 aliphatic carbocycles. The molecule has 4 aromatic carbocycles. The van der Waals surface area contributed by atoms with Crippen LogP contribution >= 0.6 is 11.8 Å². The number of unbranched alkanes of at least 4 members (excludes halogenated alkanes) is 2. The van der Waals surface area contributed by atoms with Crippen LogP contribution in [0.25, 0.3) is 11.1 Å². The molecule has 4 aromatic rings. The minimum Gasteiger partial charge on any atom is -0.392 e. The quantitative estimate of drug-likeness (QED) is 0.0888. The van der Waals surface area contributed by atoms with Crippen LogP contribution in [-0.2, 0) is 32.2 Å². The Bertz CT molecular complexity index is 1600. The standard InChI is InChI=1S/C40H46N2O5S/c1-28-37(27-48-36-12-5-3-6-13-36)46-40(47-39(28)33-17-15-30(26-43)16-18-33)34-21-19-32(20-22-34)35-11-9-10-31(24-35)25-42-38(45)14-7-4-8-23-41-29(2)44/h3,5-6,9-13,15-22,24,28,37,39-40,43H,4,7-8,14,23,25-27H2,1-2H3,(H,41,44)(H,42,45). The first-order valence-electron chi connectivity index (χ1n) is 16.8. The molecular formula is C40H46N2O5S. The van der Waals surface area contributed by atoms with Gasteiger partial charge in [0.05, 0.1) is 18.8 Å². The average Bonchev–Trinajstić information content (AvgIpc) is 3.12. The van der Waals surface area contributed by atoms with Crippen LogP contribution < -0.4 is 10.6 Å². The van der Waals surface area contributed by atoms with E-state index in [2.05, 4.69) is 78.2 Å². The lowest BCUT2D eigenvalue weighted by atomic mass is 9.91. The van der Waals surface area contributed by atoms with Crippen LogP contribution in [0.2, 0.25) is 0 Å². The smallest absolute Gasteiger partial charge is 0.220 e. The maximum Gasteiger partial charge on any atom is 0.220 e. The van der Waals surface area contributed by atoms with Gasteiger partial charge in [0.15, 0.2) is 6.29 Å². The number of ether oxygens (including phenoxy) is 2. The highest BCUT2D eigenvalue weighted by molar-refractivity contribution is 7.99. The highest BCUT2D eigenvalue weighted by atomic mass is 32.2. The third-order valence-corrected chi connectivity index (χ3v) is 9.77. The second-order valence-electron chi connectivity index (χ2n) is 12.3. The maximum absolute atomic E-state index is 12.4. The molecule has 0 aromatic heterocycles. The third-order valence-electron chi connectivity index (χ3n) is 8.67. The van der Waals surface area contributed by atoms with Gasteiger partial charge < -0.3 is 25.2 Å². The van der Waals surface area contributed by atoms with Crippen molar-refractivity contribution >= 4 is 23.6 Å². The van der Waals surface area contributed by atoms with Gasteiger partial charge in [0.25, 0.3) is 0 Å². The number of hydrogen-bond donors (Lipinski definition) is 3. The molecule has 8 heteroatoms. The Morgan fingerprint density at radius 2 is 1.52 bits per heavy atom. The predicted octanol–water partition coefficient (Wildman–Crippen LogP) is 7.74. The van der Waals surface area contributed by atoms with E-state index >= 15 is 0 Å². The monoisotopic (exact) mass is 666 g/mol. The summed E-state index contributed by atoms with van der Waals surface area (Å²) in [5, 5.41) is 15.4. The second kappa shape index (κ2) is 18.0. The zero-order valence-electron chi connectivity index (χ0n) is 27.8. The minimum absolute atomic E-state index is 0.0103. The topological polar surface area (TPSA) is 96.9 Å². The zero-order valence-corrected chi connectivity index (χ0v) is 28.6. The van der Waals surface area contributed by atoms with Crippen LogP contribution in [-0.4, -0.2) is 35.3 Å². The normalized spacial score (nSPS) is 19.1. The molecule has 1 fully saturated rings. The zero-order chi connectivity index (χ0) is 33.7. The molecule has 0 saturated carbocycles. The molecule has 1 aliphatic rings. The number of hydrogen-bond acceptors (Lipinski definition) is 6. The molecule has 0 bridgehead atoms. The van der Waals surface area contributed by atoms with E-state index in [1.165, 1.54) is 11.8 Å². The summed E-state index contributed by atoms with van der Waals surface area (Å²) in [5.74, 6) is 0.937. The van der Waals surface area contributed by atoms with E-state index < -0.39 is 6.29 Å². The van der Waals surface area contributed by atoms with Crippen LogP contribution in [0.1, 0.15) is 74.2 Å². The van der Waals surface area contributed by atoms with Gasteiger partial charge in [-0.15, -0.1) is 11.8 Å². The Hall–Kier alpha value is -3.95. The molecule has 2 amide bonds. The lowest BCUT2D eigenvalue weighted by Gasteiger charge is -2.41. The fraction of sp³-hybridized carbons (Fsp3) is 0.350. The van der Waals surface area contributed by atoms with E-state index in [0.29, 0.717) is 19.5 Å². The summed E-state index contributed by atoms with van der Waals surface area (Å²) in [6, 6.07) is 35.0. The predicted molar refractivity (Wildman–Crippen MR) is 191 cm³/mol. The summed E-state index contributed by atoms with van der Waals surface area (Å²) in [7, 11) is 0. The molecule has 4 unspecified atom stereocenters. The van der Waals surface area contributed by atoms with Crippen molar-refractivity contribution in [1.82, 2.24) is 10.6 Å². The van der Waals surface area contributed by atoms with Crippen LogP contribution in [0.3, 0.4) is 0 Å². The lowest BCUT2D eigenvalue weighted by molar-refractivity contribution is -0.268. The van der Waals surface area contributed by atoms with Crippen molar-refractivity contribution in [3.8, 4) is 11.1 Å². The van der Waals surface area contributed by atoms with E-state index in [-0.39, 0.29) is 36.5 Å². The number of amides is 2. The third kappa shape index (κ3) is 10.3. The number of rotatable bonds is 15. The molecule has 1 saturated heterocycles. The summed E-state index contributed by atoms with van der Waals surface area (Å²) in [5.41, 5.74) is 6.09. The Labute approximate surface area is 288 Å². The number of carbonyl (C=O) groups is 2. The molecule has 252 valence electrons. The Balaban J connectivity index is 1.22. The van der Waals surface area contributed by atoms with Crippen LogP contribution in [0, 0.1) is 5.92 Å². The van der Waals surface area contributed by atoms with Crippen molar-refractivity contribution < 1.29 is 24.2 Å². The van der Waals surface area contributed by atoms with Gasteiger partial charge in [-0.1, -0.05) is 98.3 Å². The van der Waals surface area contributed by atoms with E-state index in [0.717, 1.165) is 58.4 Å². The first-order valence-corrected chi connectivity index (χ1v) is 17.8. The molecule has 1 heterocycles. The van der Waals surface area contributed by atoms with Gasteiger partial charge in [0.1, 0.15) is 0 Å². The van der Waals surface area contributed by atoms with Crippen molar-refractivity contribution in [2.24, 2.45) is 5.92 Å². The van der Waals surface area contributed by atoms with Gasteiger partial charge in [-0.05, 0) is 58.9 Å². The number of aliphatic hydroxyl groups is 1. The van der Waals surface area contributed by atoms with E-state index in [9.17, 15) is 14.7 Å². The highest BCUT2D eigenvalue weighted by Gasteiger charge is 2.38. The van der Waals surface area contributed by atoms with Gasteiger partial charge in [-0.3, -0.25) is 9.59 Å². The lowest BCUT2D eigenvalue weighted by Crippen LogP contribution is -2.38. The van der Waals surface area contributed by atoms with Crippen molar-refractivity contribution in [2.45, 2.75) is 76.1 Å². The fourth-order valence-electron chi connectivity index (χ4n) is 5.84. The van der Waals surface area contributed by atoms with Crippen molar-refractivity contribution in [2.75, 3.05) is 12.3 Å². The molecule has 1 aliphatic heterocycles. The molecule has 4 atom stereocenters. The first kappa shape index (κ1) is 35.4. The second-order valence-corrected chi connectivity index (χ2v) is 13.4. The Kier molecular flexibility index (Phi) is 13.3. The summed E-state index contributed by atoms with van der Waals surface area (Å²) in [4.78, 5) is 24.6. The summed E-state index contributed by atoms with van der Waals surface area (Å²) in [6.45, 7) is 4.84. The Morgan fingerprint density at radius 3 is 2.25 bits per heavy atom. The number of aliphatic hydroxyl groups excluding tert-OH is 1. The molecule has 5 rings (SSSR count). The Morgan fingerprint density at radius 1 is 0.771 bits per heavy atom. The van der Waals surface area contributed by atoms with Gasteiger partial charge in [0, 0.05) is 48.6 Å². The number of benzene rings is 4. The summed E-state index contributed by atoms with van der Waals surface area (Å²) < 4.78 is 13.3. The summed E-state index contributed by atoms with van der Waals surface area (Å²) >= 11 is 1.79. The summed E-state index contributed by atoms with van der Waals surface area (Å²) in [6.07, 6.45) is 2.34. The van der Waals surface area contributed by atoms with Gasteiger partial charge >= 0.3 is 0 Å². The van der Waals surface area contributed by atoms with Crippen LogP contribution in [0.4, 0.5) is 0 Å². The van der Waals surface area contributed by atoms with Crippen molar-refractivity contribution in [3.05, 3.63) is 125 Å².